The number of hydrogen-bond acceptors (Lipinski definition) is 6. The molecule has 200 valence electrons. The molecule has 0 amide bonds. The van der Waals surface area contributed by atoms with E-state index in [0.717, 1.165) is 22.4 Å². The highest BCUT2D eigenvalue weighted by atomic mass is 19.4. The second kappa shape index (κ2) is 10.8. The summed E-state index contributed by atoms with van der Waals surface area (Å²) in [4.78, 5) is 29.0. The third kappa shape index (κ3) is 5.44. The van der Waals surface area contributed by atoms with Gasteiger partial charge in [0, 0.05) is 17.2 Å². The number of halogens is 3. The lowest BCUT2D eigenvalue weighted by molar-refractivity contribution is -0.385. The first-order valence-corrected chi connectivity index (χ1v) is 11.9. The van der Waals surface area contributed by atoms with E-state index in [1.165, 1.54) is 42.6 Å². The van der Waals surface area contributed by atoms with E-state index in [2.05, 4.69) is 10.1 Å². The molecule has 0 spiro atoms. The first-order valence-electron chi connectivity index (χ1n) is 11.9. The first-order chi connectivity index (χ1) is 19.2. The molecule has 11 heteroatoms. The number of hydrogen-bond donors (Lipinski definition) is 0. The van der Waals surface area contributed by atoms with Crippen LogP contribution in [0.4, 0.5) is 18.9 Å². The molecule has 1 aromatic heterocycles. The van der Waals surface area contributed by atoms with Gasteiger partial charge in [0.2, 0.25) is 5.75 Å². The second-order valence-corrected chi connectivity index (χ2v) is 8.62. The molecule has 0 aliphatic rings. The fraction of sp³-hybridized carbons (Fsp3) is 0.0690. The van der Waals surface area contributed by atoms with Crippen molar-refractivity contribution in [2.45, 2.75) is 12.8 Å². The van der Waals surface area contributed by atoms with Crippen molar-refractivity contribution in [1.29, 1.82) is 0 Å². The topological polar surface area (TPSA) is 99.6 Å². The maximum absolute atomic E-state index is 13.4. The minimum atomic E-state index is -4.62. The predicted octanol–water partition coefficient (Wildman–Crippen LogP) is 6.45. The summed E-state index contributed by atoms with van der Waals surface area (Å²) in [5.74, 6) is -0.217. The van der Waals surface area contributed by atoms with Gasteiger partial charge in [-0.25, -0.2) is 4.98 Å². The molecule has 0 aliphatic heterocycles. The number of aromatic nitrogens is 2. The Morgan fingerprint density at radius 1 is 0.950 bits per heavy atom. The number of benzene rings is 4. The Morgan fingerprint density at radius 3 is 2.42 bits per heavy atom. The van der Waals surface area contributed by atoms with Crippen LogP contribution in [0.3, 0.4) is 0 Å². The lowest BCUT2D eigenvalue weighted by atomic mass is 10.1. The normalized spacial score (nSPS) is 11.7. The molecule has 0 saturated heterocycles. The zero-order chi connectivity index (χ0) is 28.3. The molecule has 8 nitrogen and oxygen atoms in total. The summed E-state index contributed by atoms with van der Waals surface area (Å²) >= 11 is 0. The molecular weight excluding hydrogens is 525 g/mol. The summed E-state index contributed by atoms with van der Waals surface area (Å²) in [6.07, 6.45) is -3.43. The lowest BCUT2D eigenvalue weighted by Crippen LogP contribution is -2.20. The number of ether oxygens (including phenoxy) is 1. The number of alkyl halides is 3. The number of rotatable bonds is 7. The van der Waals surface area contributed by atoms with Crippen LogP contribution in [0.15, 0.2) is 107 Å². The van der Waals surface area contributed by atoms with E-state index in [1.807, 2.05) is 6.07 Å². The molecule has 0 atom stereocenters. The lowest BCUT2D eigenvalue weighted by Gasteiger charge is -2.12. The molecule has 5 aromatic rings. The van der Waals surface area contributed by atoms with E-state index < -0.39 is 22.2 Å². The molecule has 0 aliphatic carbocycles. The molecule has 5 rings (SSSR count). The van der Waals surface area contributed by atoms with Crippen LogP contribution in [0.5, 0.6) is 5.75 Å². The van der Waals surface area contributed by atoms with Crippen LogP contribution in [-0.2, 0) is 12.8 Å². The van der Waals surface area contributed by atoms with Crippen molar-refractivity contribution in [1.82, 2.24) is 9.66 Å². The van der Waals surface area contributed by atoms with Crippen molar-refractivity contribution < 1.29 is 22.8 Å². The van der Waals surface area contributed by atoms with Gasteiger partial charge in [-0.05, 0) is 35.9 Å². The fourth-order valence-corrected chi connectivity index (χ4v) is 4.05. The molecular formula is C29H19F3N4O4. The van der Waals surface area contributed by atoms with Crippen LogP contribution < -0.4 is 10.3 Å². The highest BCUT2D eigenvalue weighted by Gasteiger charge is 2.31. The number of nitrogens with zero attached hydrogens (tertiary/aromatic N) is 4. The van der Waals surface area contributed by atoms with E-state index in [4.69, 9.17) is 4.74 Å². The van der Waals surface area contributed by atoms with Gasteiger partial charge >= 0.3 is 11.9 Å². The number of nitro groups is 1. The van der Waals surface area contributed by atoms with Gasteiger partial charge in [-0.1, -0.05) is 60.7 Å². The molecule has 0 bridgehead atoms. The minimum absolute atomic E-state index is 0.00872. The Morgan fingerprint density at radius 2 is 1.68 bits per heavy atom. The zero-order valence-electron chi connectivity index (χ0n) is 20.6. The molecule has 4 aromatic carbocycles. The van der Waals surface area contributed by atoms with Crippen LogP contribution in [0, 0.1) is 10.1 Å². The number of para-hydroxylation sites is 2. The summed E-state index contributed by atoms with van der Waals surface area (Å²) in [5.41, 5.74) is -0.639. The smallest absolute Gasteiger partial charge is 0.416 e. The van der Waals surface area contributed by atoms with Gasteiger partial charge in [-0.2, -0.15) is 22.9 Å². The van der Waals surface area contributed by atoms with Gasteiger partial charge in [0.1, 0.15) is 6.61 Å². The summed E-state index contributed by atoms with van der Waals surface area (Å²) < 4.78 is 47.0. The largest absolute Gasteiger partial charge is 0.481 e. The molecule has 40 heavy (non-hydrogen) atoms. The van der Waals surface area contributed by atoms with Crippen LogP contribution in [0.1, 0.15) is 16.7 Å². The molecule has 1 heterocycles. The first kappa shape index (κ1) is 26.3. The summed E-state index contributed by atoms with van der Waals surface area (Å²) in [6.45, 7) is 0.0273. The molecule has 0 saturated carbocycles. The number of fused-ring (bicyclic) bond motifs is 1. The highest BCUT2D eigenvalue weighted by molar-refractivity contribution is 5.86. The zero-order valence-corrected chi connectivity index (χ0v) is 20.6. The van der Waals surface area contributed by atoms with Crippen LogP contribution >= 0.6 is 0 Å². The van der Waals surface area contributed by atoms with Gasteiger partial charge in [0.05, 0.1) is 27.6 Å². The Labute approximate surface area is 224 Å². The van der Waals surface area contributed by atoms with Crippen molar-refractivity contribution in [2.75, 3.05) is 0 Å². The van der Waals surface area contributed by atoms with Crippen molar-refractivity contribution in [2.24, 2.45) is 5.10 Å². The van der Waals surface area contributed by atoms with Gasteiger partial charge < -0.3 is 4.74 Å². The van der Waals surface area contributed by atoms with E-state index in [1.54, 1.807) is 42.5 Å². The van der Waals surface area contributed by atoms with Gasteiger partial charge in [-0.3, -0.25) is 14.9 Å². The standard InChI is InChI=1S/C29H19F3N4O4/c30-29(31,32)22-12-6-10-20(16-22)27-34-24-14-5-4-13-23(24)28(37)35(27)33-17-21-11-7-15-25(36(38)39)26(21)40-18-19-8-2-1-3-9-19/h1-17H,18H2. The predicted molar refractivity (Wildman–Crippen MR) is 143 cm³/mol. The molecule has 0 N–H and O–H groups in total. The maximum atomic E-state index is 13.4. The monoisotopic (exact) mass is 544 g/mol. The summed E-state index contributed by atoms with van der Waals surface area (Å²) in [7, 11) is 0. The Balaban J connectivity index is 1.64. The second-order valence-electron chi connectivity index (χ2n) is 8.62. The molecule has 0 radical (unpaired) electrons. The van der Waals surface area contributed by atoms with Crippen molar-refractivity contribution in [3.63, 3.8) is 0 Å². The van der Waals surface area contributed by atoms with Crippen LogP contribution in [-0.4, -0.2) is 20.8 Å². The third-order valence-corrected chi connectivity index (χ3v) is 5.96. The van der Waals surface area contributed by atoms with Crippen molar-refractivity contribution >= 4 is 22.8 Å². The van der Waals surface area contributed by atoms with Crippen LogP contribution in [0.25, 0.3) is 22.3 Å². The maximum Gasteiger partial charge on any atom is 0.416 e. The van der Waals surface area contributed by atoms with E-state index in [9.17, 15) is 28.1 Å². The Bertz CT molecular complexity index is 1800. The van der Waals surface area contributed by atoms with E-state index in [0.29, 0.717) is 0 Å². The van der Waals surface area contributed by atoms with Gasteiger partial charge in [0.25, 0.3) is 5.56 Å². The summed E-state index contributed by atoms with van der Waals surface area (Å²) in [5, 5.41) is 16.2. The van der Waals surface area contributed by atoms with Gasteiger partial charge in [0.15, 0.2) is 5.82 Å². The Hall–Kier alpha value is -5.32. The summed E-state index contributed by atoms with van der Waals surface area (Å²) in [6, 6.07) is 24.0. The van der Waals surface area contributed by atoms with Crippen LogP contribution in [0.2, 0.25) is 0 Å². The third-order valence-electron chi connectivity index (χ3n) is 5.96. The minimum Gasteiger partial charge on any atom is -0.481 e. The van der Waals surface area contributed by atoms with E-state index in [-0.39, 0.29) is 45.9 Å². The molecule has 0 unspecified atom stereocenters. The fourth-order valence-electron chi connectivity index (χ4n) is 4.05. The average Bonchev–Trinajstić information content (AvgIpc) is 2.95. The SMILES string of the molecule is O=c1c2ccccc2nc(-c2cccc(C(F)(F)F)c2)n1N=Cc1cccc([N+](=O)[O-])c1OCc1ccccc1. The molecule has 0 fully saturated rings. The number of nitro benzene ring substituents is 1. The quantitative estimate of drug-likeness (QED) is 0.133. The van der Waals surface area contributed by atoms with Gasteiger partial charge in [-0.15, -0.1) is 0 Å². The average molecular weight is 544 g/mol. The highest BCUT2D eigenvalue weighted by Crippen LogP contribution is 2.33. The Kier molecular flexibility index (Phi) is 7.11. The van der Waals surface area contributed by atoms with Crippen molar-refractivity contribution in [3.8, 4) is 17.1 Å². The van der Waals surface area contributed by atoms with Crippen molar-refractivity contribution in [3.05, 3.63) is 134 Å². The van der Waals surface area contributed by atoms with E-state index >= 15 is 0 Å².